The number of hydrogen-bond acceptors (Lipinski definition) is 4. The predicted molar refractivity (Wildman–Crippen MR) is 81.3 cm³/mol. The van der Waals surface area contributed by atoms with Crippen LogP contribution >= 0.6 is 0 Å². The number of benzene rings is 1. The fraction of sp³-hybridized carbons (Fsp3) is 0.294. The summed E-state index contributed by atoms with van der Waals surface area (Å²) in [6.45, 7) is 3.15. The van der Waals surface area contributed by atoms with Gasteiger partial charge in [-0.1, -0.05) is 30.3 Å². The number of nitrogens with zero attached hydrogens (tertiary/aromatic N) is 1. The highest BCUT2D eigenvalue weighted by Crippen LogP contribution is 2.30. The van der Waals surface area contributed by atoms with E-state index in [1.807, 2.05) is 37.3 Å². The SMILES string of the molecule is C[C@]1(c2ccccc2)CN(C(=O)c2ccc(C(=O)O)o2)CCO1. The number of carbonyl (C=O) groups excluding carboxylic acids is 1. The van der Waals surface area contributed by atoms with Crippen molar-refractivity contribution in [1.29, 1.82) is 0 Å². The van der Waals surface area contributed by atoms with Crippen LogP contribution in [-0.2, 0) is 10.3 Å². The molecule has 23 heavy (non-hydrogen) atoms. The zero-order valence-electron chi connectivity index (χ0n) is 12.7. The fourth-order valence-electron chi connectivity index (χ4n) is 2.73. The van der Waals surface area contributed by atoms with Crippen molar-refractivity contribution in [2.45, 2.75) is 12.5 Å². The standard InChI is InChI=1S/C17H17NO5/c1-17(12-5-3-2-4-6-12)11-18(9-10-22-17)15(19)13-7-8-14(23-13)16(20)21/h2-8H,9-11H2,1H3,(H,20,21)/t17-/m1/s1. The molecule has 6 nitrogen and oxygen atoms in total. The summed E-state index contributed by atoms with van der Waals surface area (Å²) < 4.78 is 11.0. The van der Waals surface area contributed by atoms with Crippen LogP contribution in [0.1, 0.15) is 33.6 Å². The Hall–Kier alpha value is -2.60. The minimum absolute atomic E-state index is 0.0275. The van der Waals surface area contributed by atoms with Gasteiger partial charge in [-0.05, 0) is 24.6 Å². The van der Waals surface area contributed by atoms with Gasteiger partial charge in [-0.25, -0.2) is 4.79 Å². The quantitative estimate of drug-likeness (QED) is 0.940. The number of rotatable bonds is 3. The van der Waals surface area contributed by atoms with Crippen molar-refractivity contribution in [2.75, 3.05) is 19.7 Å². The molecular weight excluding hydrogens is 298 g/mol. The molecule has 1 saturated heterocycles. The Morgan fingerprint density at radius 3 is 2.48 bits per heavy atom. The fourth-order valence-corrected chi connectivity index (χ4v) is 2.73. The van der Waals surface area contributed by atoms with Crippen molar-refractivity contribution < 1.29 is 23.8 Å². The summed E-state index contributed by atoms with van der Waals surface area (Å²) in [5.41, 5.74) is 0.389. The van der Waals surface area contributed by atoms with Gasteiger partial charge in [0.2, 0.25) is 5.76 Å². The molecule has 1 aromatic heterocycles. The third kappa shape index (κ3) is 2.98. The van der Waals surface area contributed by atoms with Gasteiger partial charge in [-0.2, -0.15) is 0 Å². The lowest BCUT2D eigenvalue weighted by Gasteiger charge is -2.40. The normalized spacial score (nSPS) is 21.2. The Kier molecular flexibility index (Phi) is 3.92. The van der Waals surface area contributed by atoms with Gasteiger partial charge < -0.3 is 19.2 Å². The minimum Gasteiger partial charge on any atom is -0.475 e. The first kappa shape index (κ1) is 15.3. The minimum atomic E-state index is -1.19. The van der Waals surface area contributed by atoms with Crippen LogP contribution in [0.5, 0.6) is 0 Å². The highest BCUT2D eigenvalue weighted by Gasteiger charge is 2.36. The molecule has 6 heteroatoms. The molecule has 0 bridgehead atoms. The summed E-state index contributed by atoms with van der Waals surface area (Å²) in [4.78, 5) is 25.0. The summed E-state index contributed by atoms with van der Waals surface area (Å²) in [7, 11) is 0. The van der Waals surface area contributed by atoms with Gasteiger partial charge in [0, 0.05) is 6.54 Å². The maximum atomic E-state index is 12.5. The number of amides is 1. The first-order chi connectivity index (χ1) is 11.0. The zero-order chi connectivity index (χ0) is 16.4. The molecule has 2 heterocycles. The van der Waals surface area contributed by atoms with E-state index in [1.54, 1.807) is 4.90 Å². The highest BCUT2D eigenvalue weighted by atomic mass is 16.5. The van der Waals surface area contributed by atoms with Crippen LogP contribution in [0.15, 0.2) is 46.9 Å². The number of carbonyl (C=O) groups is 2. The molecule has 1 aliphatic heterocycles. The second-order valence-electron chi connectivity index (χ2n) is 5.64. The number of furan rings is 1. The Morgan fingerprint density at radius 1 is 1.13 bits per heavy atom. The second-order valence-corrected chi connectivity index (χ2v) is 5.64. The molecule has 0 saturated carbocycles. The average Bonchev–Trinajstić information content (AvgIpc) is 3.05. The van der Waals surface area contributed by atoms with Crippen molar-refractivity contribution in [1.82, 2.24) is 4.90 Å². The van der Waals surface area contributed by atoms with Crippen molar-refractivity contribution in [2.24, 2.45) is 0 Å². The smallest absolute Gasteiger partial charge is 0.371 e. The molecule has 3 rings (SSSR count). The van der Waals surface area contributed by atoms with Crippen molar-refractivity contribution in [3.8, 4) is 0 Å². The van der Waals surface area contributed by atoms with E-state index >= 15 is 0 Å². The summed E-state index contributed by atoms with van der Waals surface area (Å²) in [6, 6.07) is 12.4. The lowest BCUT2D eigenvalue weighted by atomic mass is 9.94. The van der Waals surface area contributed by atoms with Crippen molar-refractivity contribution in [3.63, 3.8) is 0 Å². The first-order valence-corrected chi connectivity index (χ1v) is 7.31. The molecule has 0 aliphatic carbocycles. The average molecular weight is 315 g/mol. The van der Waals surface area contributed by atoms with Crippen LogP contribution in [0.2, 0.25) is 0 Å². The van der Waals surface area contributed by atoms with Gasteiger partial charge in [-0.15, -0.1) is 0 Å². The molecule has 2 aromatic rings. The molecule has 1 fully saturated rings. The van der Waals surface area contributed by atoms with Gasteiger partial charge in [0.1, 0.15) is 5.60 Å². The number of morpholine rings is 1. The molecule has 1 amide bonds. The number of ether oxygens (including phenoxy) is 1. The van der Waals surface area contributed by atoms with Gasteiger partial charge in [-0.3, -0.25) is 4.79 Å². The van der Waals surface area contributed by atoms with Crippen molar-refractivity contribution >= 4 is 11.9 Å². The lowest BCUT2D eigenvalue weighted by Crippen LogP contribution is -2.50. The van der Waals surface area contributed by atoms with E-state index in [9.17, 15) is 9.59 Å². The molecule has 1 aromatic carbocycles. The van der Waals surface area contributed by atoms with Crippen molar-refractivity contribution in [3.05, 3.63) is 59.5 Å². The summed E-state index contributed by atoms with van der Waals surface area (Å²) in [5.74, 6) is -1.74. The van der Waals surface area contributed by atoms with Crippen LogP contribution in [0.4, 0.5) is 0 Å². The molecule has 0 spiro atoms. The van der Waals surface area contributed by atoms with Crippen LogP contribution in [-0.4, -0.2) is 41.6 Å². The first-order valence-electron chi connectivity index (χ1n) is 7.31. The lowest BCUT2D eigenvalue weighted by molar-refractivity contribution is -0.0935. The van der Waals surface area contributed by atoms with Crippen LogP contribution < -0.4 is 0 Å². The molecule has 0 radical (unpaired) electrons. The molecule has 1 atom stereocenters. The highest BCUT2D eigenvalue weighted by molar-refractivity contribution is 5.93. The Morgan fingerprint density at radius 2 is 1.83 bits per heavy atom. The largest absolute Gasteiger partial charge is 0.475 e. The summed E-state index contributed by atoms with van der Waals surface area (Å²) in [6.07, 6.45) is 0. The maximum Gasteiger partial charge on any atom is 0.371 e. The Bertz CT molecular complexity index is 724. The number of carboxylic acid groups (broad SMARTS) is 1. The second kappa shape index (κ2) is 5.89. The summed E-state index contributed by atoms with van der Waals surface area (Å²) >= 11 is 0. The molecule has 120 valence electrons. The third-order valence-corrected chi connectivity index (χ3v) is 3.97. The number of hydrogen-bond donors (Lipinski definition) is 1. The predicted octanol–water partition coefficient (Wildman–Crippen LogP) is 2.37. The topological polar surface area (TPSA) is 80.0 Å². The maximum absolute atomic E-state index is 12.5. The zero-order valence-corrected chi connectivity index (χ0v) is 12.7. The molecule has 1 N–H and O–H groups in total. The van der Waals surface area contributed by atoms with Gasteiger partial charge >= 0.3 is 5.97 Å². The molecular formula is C17H17NO5. The van der Waals surface area contributed by atoms with E-state index in [4.69, 9.17) is 14.3 Å². The number of carboxylic acids is 1. The van der Waals surface area contributed by atoms with Crippen LogP contribution in [0.3, 0.4) is 0 Å². The summed E-state index contributed by atoms with van der Waals surface area (Å²) in [5, 5.41) is 8.88. The van der Waals surface area contributed by atoms with Crippen LogP contribution in [0.25, 0.3) is 0 Å². The Balaban J connectivity index is 1.80. The third-order valence-electron chi connectivity index (χ3n) is 3.97. The monoisotopic (exact) mass is 315 g/mol. The van der Waals surface area contributed by atoms with E-state index in [-0.39, 0.29) is 17.4 Å². The van der Waals surface area contributed by atoms with E-state index in [0.29, 0.717) is 19.7 Å². The molecule has 0 unspecified atom stereocenters. The van der Waals surface area contributed by atoms with E-state index in [2.05, 4.69) is 0 Å². The van der Waals surface area contributed by atoms with Gasteiger partial charge in [0.15, 0.2) is 5.76 Å². The van der Waals surface area contributed by atoms with E-state index < -0.39 is 11.6 Å². The van der Waals surface area contributed by atoms with Gasteiger partial charge in [0.05, 0.1) is 13.2 Å². The Labute approximate surface area is 133 Å². The number of aromatic carboxylic acids is 1. The van der Waals surface area contributed by atoms with Gasteiger partial charge in [0.25, 0.3) is 5.91 Å². The van der Waals surface area contributed by atoms with E-state index in [0.717, 1.165) is 5.56 Å². The molecule has 1 aliphatic rings. The van der Waals surface area contributed by atoms with E-state index in [1.165, 1.54) is 12.1 Å². The van der Waals surface area contributed by atoms with Crippen LogP contribution in [0, 0.1) is 0 Å².